The zero-order chi connectivity index (χ0) is 32.7. The zero-order valence-corrected chi connectivity index (χ0v) is 27.6. The highest BCUT2D eigenvalue weighted by atomic mass is 32.2. The lowest BCUT2D eigenvalue weighted by atomic mass is 9.90. The van der Waals surface area contributed by atoms with Crippen LogP contribution in [0.2, 0.25) is 0 Å². The van der Waals surface area contributed by atoms with Crippen LogP contribution in [-0.4, -0.2) is 79.5 Å². The molecule has 0 amide bonds. The zero-order valence-electron chi connectivity index (χ0n) is 26.8. The Hall–Kier alpha value is -2.71. The summed E-state index contributed by atoms with van der Waals surface area (Å²) in [6, 6.07) is 25.3. The van der Waals surface area contributed by atoms with E-state index in [4.69, 9.17) is 27.9 Å². The number of benzene rings is 3. The molecule has 1 N–H and O–H groups in total. The number of aliphatic hydroxyl groups excluding tert-OH is 1. The van der Waals surface area contributed by atoms with Crippen molar-refractivity contribution in [1.82, 2.24) is 4.90 Å². The summed E-state index contributed by atoms with van der Waals surface area (Å²) in [5, 5.41) is 12.1. The van der Waals surface area contributed by atoms with E-state index in [9.17, 15) is 13.5 Å². The fourth-order valence-electron chi connectivity index (χ4n) is 6.52. The van der Waals surface area contributed by atoms with Crippen LogP contribution >= 0.6 is 0 Å². The molecule has 3 aliphatic heterocycles. The fraction of sp³-hybridized carbons (Fsp3) is 0.486. The second-order valence-electron chi connectivity index (χ2n) is 13.1. The number of hydrogen-bond donors (Lipinski definition) is 1. The Balaban J connectivity index is 1.38. The average molecular weight is 654 g/mol. The molecule has 0 radical (unpaired) electrons. The number of rotatable bonds is 11. The Labute approximate surface area is 271 Å². The highest BCUT2D eigenvalue weighted by molar-refractivity contribution is 7.86. The first-order chi connectivity index (χ1) is 21.8. The SMILES string of the molecule is Cc1ccc(S(=O)(=O)OC[C@@H](O)[C@@H]([C@H]2O[C@@H]3OC(C)(C)O[C@@H]3[C@H]3OC(C)(C)O[C@H]32)N(Cc2ccccc2)Cc2ccccc2)cc1. The van der Waals surface area contributed by atoms with Gasteiger partial charge in [-0.2, -0.15) is 8.42 Å². The Kier molecular flexibility index (Phi) is 9.43. The molecule has 3 aliphatic rings. The summed E-state index contributed by atoms with van der Waals surface area (Å²) in [7, 11) is -4.17. The first-order valence-electron chi connectivity index (χ1n) is 15.6. The fourth-order valence-corrected chi connectivity index (χ4v) is 7.45. The molecule has 3 aromatic rings. The quantitative estimate of drug-likeness (QED) is 0.296. The summed E-state index contributed by atoms with van der Waals surface area (Å²) in [6.07, 6.45) is -4.76. The van der Waals surface area contributed by atoms with Gasteiger partial charge in [-0.25, -0.2) is 0 Å². The van der Waals surface area contributed by atoms with Gasteiger partial charge in [0, 0.05) is 13.1 Å². The van der Waals surface area contributed by atoms with E-state index in [1.165, 1.54) is 12.1 Å². The number of hydrogen-bond acceptors (Lipinski definition) is 10. The maximum atomic E-state index is 13.2. The standard InChI is InChI=1S/C35H43NO9S/c1-23-16-18-26(19-17-23)46(38,39)40-22-27(37)28(36(20-24-12-8-6-9-13-24)21-25-14-10-7-11-15-25)29-30-31(43-34(2,3)42-30)32-33(41-29)45-35(4,5)44-32/h6-19,27-33,37H,20-22H2,1-5H3/t27-,28+,29-,30+,31+,32-,33-/m1/s1. The molecule has 3 saturated heterocycles. The van der Waals surface area contributed by atoms with Crippen molar-refractivity contribution in [2.45, 2.75) is 107 Å². The Morgan fingerprint density at radius 3 is 1.87 bits per heavy atom. The van der Waals surface area contributed by atoms with Gasteiger partial charge in [-0.15, -0.1) is 0 Å². The first kappa shape index (κ1) is 33.2. The minimum Gasteiger partial charge on any atom is -0.389 e. The number of fused-ring (bicyclic) bond motifs is 3. The summed E-state index contributed by atoms with van der Waals surface area (Å²) in [5.74, 6) is -1.90. The molecule has 248 valence electrons. The molecule has 46 heavy (non-hydrogen) atoms. The lowest BCUT2D eigenvalue weighted by Crippen LogP contribution is -2.64. The molecular weight excluding hydrogens is 610 g/mol. The molecule has 0 unspecified atom stereocenters. The van der Waals surface area contributed by atoms with Crippen molar-refractivity contribution in [2.75, 3.05) is 6.61 Å². The molecule has 3 fully saturated rings. The molecule has 0 aromatic heterocycles. The van der Waals surface area contributed by atoms with Crippen LogP contribution in [-0.2, 0) is 51.1 Å². The minimum atomic E-state index is -4.17. The highest BCUT2D eigenvalue weighted by Crippen LogP contribution is 2.46. The maximum absolute atomic E-state index is 13.2. The molecule has 7 atom stereocenters. The lowest BCUT2D eigenvalue weighted by Gasteiger charge is -2.46. The van der Waals surface area contributed by atoms with E-state index in [1.807, 2.05) is 95.3 Å². The lowest BCUT2D eigenvalue weighted by molar-refractivity contribution is -0.255. The van der Waals surface area contributed by atoms with Crippen LogP contribution < -0.4 is 0 Å². The summed E-state index contributed by atoms with van der Waals surface area (Å²) in [4.78, 5) is 2.09. The minimum absolute atomic E-state index is 0.0112. The Morgan fingerprint density at radius 2 is 1.28 bits per heavy atom. The summed E-state index contributed by atoms with van der Waals surface area (Å²) >= 11 is 0. The second kappa shape index (κ2) is 13.1. The van der Waals surface area contributed by atoms with Crippen LogP contribution in [0.25, 0.3) is 0 Å². The van der Waals surface area contributed by atoms with Gasteiger partial charge in [-0.1, -0.05) is 78.4 Å². The number of ether oxygens (including phenoxy) is 5. The van der Waals surface area contributed by atoms with E-state index in [0.29, 0.717) is 13.1 Å². The van der Waals surface area contributed by atoms with Crippen molar-refractivity contribution >= 4 is 10.1 Å². The number of aryl methyl sites for hydroxylation is 1. The van der Waals surface area contributed by atoms with Gasteiger partial charge < -0.3 is 28.8 Å². The van der Waals surface area contributed by atoms with Crippen molar-refractivity contribution in [3.63, 3.8) is 0 Å². The summed E-state index contributed by atoms with van der Waals surface area (Å²) < 4.78 is 63.9. The van der Waals surface area contributed by atoms with Crippen molar-refractivity contribution in [3.05, 3.63) is 102 Å². The molecule has 0 spiro atoms. The summed E-state index contributed by atoms with van der Waals surface area (Å²) in [5.41, 5.74) is 2.92. The Bertz CT molecular complexity index is 1530. The van der Waals surface area contributed by atoms with Crippen molar-refractivity contribution in [1.29, 1.82) is 0 Å². The van der Waals surface area contributed by atoms with E-state index in [-0.39, 0.29) is 4.90 Å². The largest absolute Gasteiger partial charge is 0.389 e. The third-order valence-corrected chi connectivity index (χ3v) is 9.80. The monoisotopic (exact) mass is 653 g/mol. The molecule has 0 saturated carbocycles. The molecule has 3 aromatic carbocycles. The first-order valence-corrected chi connectivity index (χ1v) is 17.0. The molecule has 0 bridgehead atoms. The van der Waals surface area contributed by atoms with Gasteiger partial charge >= 0.3 is 0 Å². The second-order valence-corrected chi connectivity index (χ2v) is 14.7. The maximum Gasteiger partial charge on any atom is 0.297 e. The van der Waals surface area contributed by atoms with Gasteiger partial charge in [-0.3, -0.25) is 9.08 Å². The normalized spacial score (nSPS) is 28.0. The van der Waals surface area contributed by atoms with E-state index in [0.717, 1.165) is 16.7 Å². The van der Waals surface area contributed by atoms with Crippen LogP contribution in [0.15, 0.2) is 89.8 Å². The van der Waals surface area contributed by atoms with Crippen LogP contribution in [0.1, 0.15) is 44.4 Å². The van der Waals surface area contributed by atoms with Gasteiger partial charge in [0.1, 0.15) is 24.4 Å². The average Bonchev–Trinajstić information content (AvgIpc) is 3.51. The van der Waals surface area contributed by atoms with Crippen molar-refractivity contribution in [3.8, 4) is 0 Å². The molecule has 10 nitrogen and oxygen atoms in total. The van der Waals surface area contributed by atoms with Crippen molar-refractivity contribution < 1.29 is 41.4 Å². The molecule has 6 rings (SSSR count). The van der Waals surface area contributed by atoms with Gasteiger partial charge in [0.15, 0.2) is 17.9 Å². The highest BCUT2D eigenvalue weighted by Gasteiger charge is 2.63. The predicted molar refractivity (Wildman–Crippen MR) is 169 cm³/mol. The third kappa shape index (κ3) is 7.38. The topological polar surface area (TPSA) is 113 Å². The van der Waals surface area contributed by atoms with E-state index in [1.54, 1.807) is 12.1 Å². The summed E-state index contributed by atoms with van der Waals surface area (Å²) in [6.45, 7) is 9.47. The van der Waals surface area contributed by atoms with Crippen LogP contribution in [0.5, 0.6) is 0 Å². The van der Waals surface area contributed by atoms with Gasteiger partial charge in [0.25, 0.3) is 10.1 Å². The molecule has 11 heteroatoms. The van der Waals surface area contributed by atoms with Gasteiger partial charge in [-0.05, 0) is 57.9 Å². The number of aliphatic hydroxyl groups is 1. The van der Waals surface area contributed by atoms with Crippen molar-refractivity contribution in [2.24, 2.45) is 0 Å². The van der Waals surface area contributed by atoms with E-state index >= 15 is 0 Å². The molecule has 3 heterocycles. The van der Waals surface area contributed by atoms with Crippen LogP contribution in [0, 0.1) is 6.92 Å². The third-order valence-electron chi connectivity index (χ3n) is 8.50. The predicted octanol–water partition coefficient (Wildman–Crippen LogP) is 4.53. The van der Waals surface area contributed by atoms with E-state index < -0.39 is 71.2 Å². The molecule has 0 aliphatic carbocycles. The van der Waals surface area contributed by atoms with Crippen LogP contribution in [0.4, 0.5) is 0 Å². The van der Waals surface area contributed by atoms with Gasteiger partial charge in [0.2, 0.25) is 0 Å². The smallest absolute Gasteiger partial charge is 0.297 e. The van der Waals surface area contributed by atoms with Gasteiger partial charge in [0.05, 0.1) is 23.6 Å². The molecular formula is C35H43NO9S. The van der Waals surface area contributed by atoms with E-state index in [2.05, 4.69) is 4.90 Å². The number of nitrogens with zero attached hydrogens (tertiary/aromatic N) is 1. The Morgan fingerprint density at radius 1 is 0.761 bits per heavy atom. The van der Waals surface area contributed by atoms with Crippen LogP contribution in [0.3, 0.4) is 0 Å².